The summed E-state index contributed by atoms with van der Waals surface area (Å²) in [5.74, 6) is 0.854. The predicted octanol–water partition coefficient (Wildman–Crippen LogP) is 3.29. The third-order valence-electron chi connectivity index (χ3n) is 6.96. The van der Waals surface area contributed by atoms with E-state index < -0.39 is 0 Å². The summed E-state index contributed by atoms with van der Waals surface area (Å²) in [6.45, 7) is 2.73. The van der Waals surface area contributed by atoms with E-state index >= 15 is 0 Å². The van der Waals surface area contributed by atoms with Crippen LogP contribution in [-0.4, -0.2) is 63.9 Å². The molecule has 32 heavy (non-hydrogen) atoms. The van der Waals surface area contributed by atoms with Gasteiger partial charge >= 0.3 is 0 Å². The van der Waals surface area contributed by atoms with Crippen molar-refractivity contribution in [3.8, 4) is 0 Å². The number of carbonyl (C=O) groups excluding carboxylic acids is 1. The van der Waals surface area contributed by atoms with Crippen molar-refractivity contribution < 1.29 is 4.79 Å². The molecule has 7 heteroatoms. The number of benzene rings is 1. The molecule has 2 aromatic heterocycles. The molecule has 1 aliphatic heterocycles. The minimum absolute atomic E-state index is 0.0260. The van der Waals surface area contributed by atoms with Crippen LogP contribution < -0.4 is 5.32 Å². The molecule has 1 fully saturated rings. The lowest BCUT2D eigenvalue weighted by molar-refractivity contribution is 0.0918. The summed E-state index contributed by atoms with van der Waals surface area (Å²) in [7, 11) is 4.26. The fourth-order valence-electron chi connectivity index (χ4n) is 5.12. The van der Waals surface area contributed by atoms with Crippen molar-refractivity contribution >= 4 is 16.9 Å². The number of fused-ring (bicyclic) bond motifs is 2. The summed E-state index contributed by atoms with van der Waals surface area (Å²) >= 11 is 0. The SMILES string of the molecule is CN1CCC(NC(=O)c2cccc3[nH]c(CN(C)C4CCCc5cccnc54)nc23)CC1. The van der Waals surface area contributed by atoms with Crippen LogP contribution in [0.25, 0.3) is 11.0 Å². The number of nitrogens with zero attached hydrogens (tertiary/aromatic N) is 4. The summed E-state index contributed by atoms with van der Waals surface area (Å²) in [5, 5.41) is 3.22. The molecule has 168 valence electrons. The van der Waals surface area contributed by atoms with Gasteiger partial charge in [0.15, 0.2) is 0 Å². The van der Waals surface area contributed by atoms with E-state index in [1.165, 1.54) is 17.7 Å². The topological polar surface area (TPSA) is 77.2 Å². The van der Waals surface area contributed by atoms with Crippen LogP contribution in [0.15, 0.2) is 36.5 Å². The number of piperidine rings is 1. The maximum atomic E-state index is 13.0. The average molecular weight is 433 g/mol. The van der Waals surface area contributed by atoms with E-state index in [0.29, 0.717) is 18.2 Å². The third-order valence-corrected chi connectivity index (χ3v) is 6.96. The van der Waals surface area contributed by atoms with Crippen LogP contribution >= 0.6 is 0 Å². The normalized spacial score (nSPS) is 19.9. The molecule has 1 amide bonds. The van der Waals surface area contributed by atoms with Gasteiger partial charge < -0.3 is 15.2 Å². The molecule has 1 aliphatic carbocycles. The van der Waals surface area contributed by atoms with Gasteiger partial charge in [0.1, 0.15) is 11.3 Å². The minimum Gasteiger partial charge on any atom is -0.349 e. The molecule has 7 nitrogen and oxygen atoms in total. The van der Waals surface area contributed by atoms with E-state index in [2.05, 4.69) is 45.2 Å². The summed E-state index contributed by atoms with van der Waals surface area (Å²) in [4.78, 5) is 30.6. The number of hydrogen-bond donors (Lipinski definition) is 2. The second kappa shape index (κ2) is 9.00. The van der Waals surface area contributed by atoms with Gasteiger partial charge in [-0.25, -0.2) is 4.98 Å². The average Bonchev–Trinajstić information content (AvgIpc) is 3.22. The van der Waals surface area contributed by atoms with Gasteiger partial charge in [-0.1, -0.05) is 12.1 Å². The zero-order valence-electron chi connectivity index (χ0n) is 19.0. The minimum atomic E-state index is -0.0260. The Bertz CT molecular complexity index is 1100. The lowest BCUT2D eigenvalue weighted by atomic mass is 9.91. The standard InChI is InChI=1S/C25H32N6O/c1-30-14-11-18(12-15-30)27-25(32)19-8-4-9-20-24(19)29-22(28-20)16-31(2)21-10-3-6-17-7-5-13-26-23(17)21/h4-5,7-9,13,18,21H,3,6,10-12,14-16H2,1-2H3,(H,27,32)(H,28,29). The Morgan fingerprint density at radius 3 is 2.91 bits per heavy atom. The van der Waals surface area contributed by atoms with Crippen molar-refractivity contribution in [3.63, 3.8) is 0 Å². The summed E-state index contributed by atoms with van der Waals surface area (Å²) in [6.07, 6.45) is 7.26. The maximum Gasteiger partial charge on any atom is 0.253 e. The van der Waals surface area contributed by atoms with Crippen molar-refractivity contribution in [2.24, 2.45) is 0 Å². The van der Waals surface area contributed by atoms with E-state index in [9.17, 15) is 4.79 Å². The Kier molecular flexibility index (Phi) is 5.93. The van der Waals surface area contributed by atoms with Gasteiger partial charge in [0, 0.05) is 12.2 Å². The van der Waals surface area contributed by atoms with Crippen LogP contribution in [0.1, 0.15) is 59.2 Å². The molecular weight excluding hydrogens is 400 g/mol. The van der Waals surface area contributed by atoms with Crippen LogP contribution in [0.3, 0.4) is 0 Å². The molecule has 1 aromatic carbocycles. The molecule has 2 aliphatic rings. The molecule has 1 unspecified atom stereocenters. The maximum absolute atomic E-state index is 13.0. The number of aromatic nitrogens is 3. The number of likely N-dealkylation sites (tertiary alicyclic amines) is 1. The van der Waals surface area contributed by atoms with Crippen molar-refractivity contribution in [3.05, 3.63) is 59.2 Å². The monoisotopic (exact) mass is 432 g/mol. The van der Waals surface area contributed by atoms with Crippen LogP contribution in [-0.2, 0) is 13.0 Å². The largest absolute Gasteiger partial charge is 0.349 e. The molecule has 1 atom stereocenters. The van der Waals surface area contributed by atoms with Crippen LogP contribution in [0.2, 0.25) is 0 Å². The fourth-order valence-corrected chi connectivity index (χ4v) is 5.12. The number of amides is 1. The smallest absolute Gasteiger partial charge is 0.253 e. The lowest BCUT2D eigenvalue weighted by Gasteiger charge is -2.31. The molecular formula is C25H32N6O. The van der Waals surface area contributed by atoms with E-state index in [1.54, 1.807) is 0 Å². The molecule has 0 bridgehead atoms. The van der Waals surface area contributed by atoms with Crippen LogP contribution in [0.5, 0.6) is 0 Å². The summed E-state index contributed by atoms with van der Waals surface area (Å²) in [6, 6.07) is 10.5. The lowest BCUT2D eigenvalue weighted by Crippen LogP contribution is -2.43. The second-order valence-electron chi connectivity index (χ2n) is 9.31. The van der Waals surface area contributed by atoms with Crippen molar-refractivity contribution in [2.75, 3.05) is 27.2 Å². The number of nitrogens with one attached hydrogen (secondary N) is 2. The summed E-state index contributed by atoms with van der Waals surface area (Å²) < 4.78 is 0. The number of rotatable bonds is 5. The Morgan fingerprint density at radius 2 is 2.06 bits per heavy atom. The quantitative estimate of drug-likeness (QED) is 0.647. The van der Waals surface area contributed by atoms with Crippen molar-refractivity contribution in [2.45, 2.75) is 50.7 Å². The number of hydrogen-bond acceptors (Lipinski definition) is 5. The Balaban J connectivity index is 1.33. The number of H-pyrrole nitrogens is 1. The number of carbonyl (C=O) groups is 1. The molecule has 2 N–H and O–H groups in total. The molecule has 5 rings (SSSR count). The van der Waals surface area contributed by atoms with Gasteiger partial charge in [0.05, 0.1) is 29.4 Å². The van der Waals surface area contributed by atoms with Gasteiger partial charge in [-0.3, -0.25) is 14.7 Å². The van der Waals surface area contributed by atoms with Gasteiger partial charge in [0.25, 0.3) is 5.91 Å². The van der Waals surface area contributed by atoms with Gasteiger partial charge in [-0.15, -0.1) is 0 Å². The Hall–Kier alpha value is -2.77. The first-order chi connectivity index (χ1) is 15.6. The molecule has 1 saturated heterocycles. The number of aryl methyl sites for hydroxylation is 1. The van der Waals surface area contributed by atoms with Gasteiger partial charge in [-0.05, 0) is 83.1 Å². The number of imidazole rings is 1. The second-order valence-corrected chi connectivity index (χ2v) is 9.31. The van der Waals surface area contributed by atoms with E-state index in [-0.39, 0.29) is 11.9 Å². The number of pyridine rings is 1. The van der Waals surface area contributed by atoms with E-state index in [4.69, 9.17) is 4.98 Å². The Morgan fingerprint density at radius 1 is 1.22 bits per heavy atom. The highest BCUT2D eigenvalue weighted by molar-refractivity contribution is 6.05. The molecule has 0 saturated carbocycles. The van der Waals surface area contributed by atoms with Gasteiger partial charge in [0.2, 0.25) is 0 Å². The zero-order valence-corrected chi connectivity index (χ0v) is 19.0. The van der Waals surface area contributed by atoms with Gasteiger partial charge in [-0.2, -0.15) is 0 Å². The fraction of sp³-hybridized carbons (Fsp3) is 0.480. The molecule has 0 spiro atoms. The highest BCUT2D eigenvalue weighted by atomic mass is 16.1. The molecule has 3 heterocycles. The van der Waals surface area contributed by atoms with Crippen molar-refractivity contribution in [1.29, 1.82) is 0 Å². The zero-order chi connectivity index (χ0) is 22.1. The van der Waals surface area contributed by atoms with E-state index in [0.717, 1.165) is 55.6 Å². The first-order valence-electron chi connectivity index (χ1n) is 11.7. The van der Waals surface area contributed by atoms with Crippen LogP contribution in [0.4, 0.5) is 0 Å². The predicted molar refractivity (Wildman–Crippen MR) is 125 cm³/mol. The van der Waals surface area contributed by atoms with Crippen LogP contribution in [0, 0.1) is 0 Å². The third kappa shape index (κ3) is 4.27. The highest BCUT2D eigenvalue weighted by Gasteiger charge is 2.26. The molecule has 0 radical (unpaired) electrons. The van der Waals surface area contributed by atoms with Crippen molar-refractivity contribution in [1.82, 2.24) is 30.1 Å². The first-order valence-corrected chi connectivity index (χ1v) is 11.7. The van der Waals surface area contributed by atoms with E-state index in [1.807, 2.05) is 30.5 Å². The number of aromatic amines is 1. The molecule has 3 aromatic rings. The number of para-hydroxylation sites is 1. The summed E-state index contributed by atoms with van der Waals surface area (Å²) in [5.41, 5.74) is 4.86. The Labute approximate surface area is 189 Å². The highest BCUT2D eigenvalue weighted by Crippen LogP contribution is 2.32. The first kappa shape index (κ1) is 21.1.